The van der Waals surface area contributed by atoms with E-state index < -0.39 is 0 Å². The van der Waals surface area contributed by atoms with Gasteiger partial charge in [0.2, 0.25) is 5.71 Å². The molecule has 4 aromatic heterocycles. The molecular weight excluding hydrogens is 661 g/mol. The van der Waals surface area contributed by atoms with Gasteiger partial charge in [0.1, 0.15) is 16.7 Å². The third kappa shape index (κ3) is 4.19. The summed E-state index contributed by atoms with van der Waals surface area (Å²) in [5.74, 6) is 0. The molecule has 0 radical (unpaired) electrons. The highest BCUT2D eigenvalue weighted by molar-refractivity contribution is 6.20. The van der Waals surface area contributed by atoms with Gasteiger partial charge in [-0.1, -0.05) is 103 Å². The Balaban J connectivity index is 0.968. The lowest BCUT2D eigenvalue weighted by Crippen LogP contribution is -1.93. The zero-order valence-electron chi connectivity index (χ0n) is 29.0. The highest BCUT2D eigenvalue weighted by Gasteiger charge is 2.20. The normalized spacial score (nSPS) is 12.1. The van der Waals surface area contributed by atoms with Crippen LogP contribution in [0.25, 0.3) is 110 Å². The topological polar surface area (TPSA) is 36.1 Å². The molecule has 0 amide bonds. The molecule has 12 aromatic rings. The van der Waals surface area contributed by atoms with Crippen molar-refractivity contribution in [3.8, 4) is 33.6 Å². The van der Waals surface area contributed by atoms with Gasteiger partial charge >= 0.3 is 0 Å². The lowest BCUT2D eigenvalue weighted by Gasteiger charge is -2.09. The molecule has 0 fully saturated rings. The van der Waals surface area contributed by atoms with Gasteiger partial charge in [-0.3, -0.25) is 4.57 Å². The Kier molecular flexibility index (Phi) is 6.02. The Morgan fingerprint density at radius 2 is 0.778 bits per heavy atom. The van der Waals surface area contributed by atoms with Crippen LogP contribution >= 0.6 is 0 Å². The van der Waals surface area contributed by atoms with E-state index in [1.165, 1.54) is 27.2 Å². The first-order chi connectivity index (χ1) is 26.8. The molecule has 4 heteroatoms. The van der Waals surface area contributed by atoms with Crippen LogP contribution in [-0.2, 0) is 0 Å². The van der Waals surface area contributed by atoms with Gasteiger partial charge in [0.15, 0.2) is 0 Å². The van der Waals surface area contributed by atoms with Crippen molar-refractivity contribution in [2.24, 2.45) is 0 Å². The summed E-state index contributed by atoms with van der Waals surface area (Å²) >= 11 is 0. The molecule has 0 aliphatic carbocycles. The van der Waals surface area contributed by atoms with Crippen molar-refractivity contribution in [3.63, 3.8) is 0 Å². The Bertz CT molecular complexity index is 3380. The average molecular weight is 691 g/mol. The number of fused-ring (bicyclic) bond motifs is 11. The van der Waals surface area contributed by atoms with E-state index in [9.17, 15) is 0 Å². The van der Waals surface area contributed by atoms with Crippen LogP contribution in [0.4, 0.5) is 0 Å². The molecule has 4 heterocycles. The van der Waals surface area contributed by atoms with E-state index in [2.05, 4.69) is 173 Å². The van der Waals surface area contributed by atoms with E-state index in [1.807, 2.05) is 18.2 Å². The maximum Gasteiger partial charge on any atom is 0.213 e. The van der Waals surface area contributed by atoms with Crippen molar-refractivity contribution >= 4 is 76.7 Å². The van der Waals surface area contributed by atoms with Crippen molar-refractivity contribution in [3.05, 3.63) is 182 Å². The molecule has 0 N–H and O–H groups in total. The van der Waals surface area contributed by atoms with Gasteiger partial charge in [0.05, 0.1) is 21.9 Å². The Morgan fingerprint density at radius 1 is 0.296 bits per heavy atom. The predicted octanol–water partition coefficient (Wildman–Crippen LogP) is 13.9. The van der Waals surface area contributed by atoms with Crippen LogP contribution in [-0.4, -0.2) is 9.13 Å². The molecule has 0 atom stereocenters. The third-order valence-electron chi connectivity index (χ3n) is 11.1. The zero-order chi connectivity index (χ0) is 35.3. The molecule has 0 spiro atoms. The lowest BCUT2D eigenvalue weighted by molar-refractivity contribution is 0.645. The van der Waals surface area contributed by atoms with Crippen molar-refractivity contribution in [2.75, 3.05) is 0 Å². The number of nitrogens with zero attached hydrogens (tertiary/aromatic N) is 2. The SMILES string of the molecule is c1ccc(-n2c3ccc(-c4ccc5oc6ccc(-c7ccc(-n8c9ccccc9c9ccccc98)cc7)cc6c5c4)cc3c3c4ccccc4oc32)cc1. The third-order valence-corrected chi connectivity index (χ3v) is 11.1. The van der Waals surface area contributed by atoms with Crippen LogP contribution in [0.5, 0.6) is 0 Å². The van der Waals surface area contributed by atoms with E-state index in [-0.39, 0.29) is 0 Å². The van der Waals surface area contributed by atoms with Gasteiger partial charge in [-0.2, -0.15) is 0 Å². The highest BCUT2D eigenvalue weighted by atomic mass is 16.3. The van der Waals surface area contributed by atoms with Gasteiger partial charge in [-0.05, 0) is 101 Å². The first-order valence-corrected chi connectivity index (χ1v) is 18.3. The number of hydrogen-bond acceptors (Lipinski definition) is 2. The Morgan fingerprint density at radius 3 is 1.46 bits per heavy atom. The quantitative estimate of drug-likeness (QED) is 0.184. The molecule has 0 saturated carbocycles. The van der Waals surface area contributed by atoms with Gasteiger partial charge in [0.25, 0.3) is 0 Å². The van der Waals surface area contributed by atoms with Crippen LogP contribution in [0.1, 0.15) is 0 Å². The van der Waals surface area contributed by atoms with E-state index in [4.69, 9.17) is 8.83 Å². The van der Waals surface area contributed by atoms with E-state index >= 15 is 0 Å². The second-order valence-electron chi connectivity index (χ2n) is 14.1. The summed E-state index contributed by atoms with van der Waals surface area (Å²) in [7, 11) is 0. The van der Waals surface area contributed by atoms with Crippen LogP contribution < -0.4 is 0 Å². The van der Waals surface area contributed by atoms with Crippen molar-refractivity contribution < 1.29 is 8.83 Å². The summed E-state index contributed by atoms with van der Waals surface area (Å²) in [6.07, 6.45) is 0. The monoisotopic (exact) mass is 690 g/mol. The fraction of sp³-hybridized carbons (Fsp3) is 0. The molecule has 252 valence electrons. The summed E-state index contributed by atoms with van der Waals surface area (Å²) in [6.45, 7) is 0. The molecule has 0 saturated heterocycles. The van der Waals surface area contributed by atoms with Crippen LogP contribution in [0.2, 0.25) is 0 Å². The fourth-order valence-corrected chi connectivity index (χ4v) is 8.64. The molecule has 12 rings (SSSR count). The number of hydrogen-bond donors (Lipinski definition) is 0. The summed E-state index contributed by atoms with van der Waals surface area (Å²) in [5.41, 5.74) is 13.9. The van der Waals surface area contributed by atoms with Crippen LogP contribution in [0.15, 0.2) is 191 Å². The number of benzene rings is 8. The minimum atomic E-state index is 0.862. The molecule has 0 unspecified atom stereocenters. The molecule has 0 aliphatic rings. The Labute approximate surface area is 309 Å². The maximum atomic E-state index is 6.52. The van der Waals surface area contributed by atoms with Crippen molar-refractivity contribution in [1.82, 2.24) is 9.13 Å². The van der Waals surface area contributed by atoms with E-state index in [0.717, 1.165) is 83.2 Å². The van der Waals surface area contributed by atoms with Gasteiger partial charge in [-0.15, -0.1) is 0 Å². The highest BCUT2D eigenvalue weighted by Crippen LogP contribution is 2.42. The minimum Gasteiger partial charge on any atom is -0.456 e. The van der Waals surface area contributed by atoms with Crippen LogP contribution in [0, 0.1) is 0 Å². The van der Waals surface area contributed by atoms with Gasteiger partial charge in [-0.25, -0.2) is 0 Å². The summed E-state index contributed by atoms with van der Waals surface area (Å²) in [5, 5.41) is 8.17. The maximum absolute atomic E-state index is 6.52. The summed E-state index contributed by atoms with van der Waals surface area (Å²) in [6, 6.07) is 64.8. The molecule has 0 bridgehead atoms. The molecule has 8 aromatic carbocycles. The molecule has 54 heavy (non-hydrogen) atoms. The first-order valence-electron chi connectivity index (χ1n) is 18.3. The minimum absolute atomic E-state index is 0.862. The predicted molar refractivity (Wildman–Crippen MR) is 223 cm³/mol. The largest absolute Gasteiger partial charge is 0.456 e. The van der Waals surface area contributed by atoms with Crippen molar-refractivity contribution in [2.45, 2.75) is 0 Å². The Hall–Kier alpha value is -7.30. The average Bonchev–Trinajstić information content (AvgIpc) is 3.97. The summed E-state index contributed by atoms with van der Waals surface area (Å²) < 4.78 is 17.5. The summed E-state index contributed by atoms with van der Waals surface area (Å²) in [4.78, 5) is 0. The standard InChI is InChI=1S/C50H30N2O2/c1-2-10-35(11-3-1)52-45-25-20-33(30-42(45)49-39-14-6-9-17-46(39)54-50(49)52)34-22-27-48-41(29-34)40-28-32(21-26-47(40)53-48)31-18-23-36(24-19-31)51-43-15-7-4-12-37(43)38-13-5-8-16-44(38)51/h1-30H. The zero-order valence-corrected chi connectivity index (χ0v) is 29.0. The molecule has 0 aliphatic heterocycles. The first kappa shape index (κ1) is 29.3. The van der Waals surface area contributed by atoms with Crippen LogP contribution in [0.3, 0.4) is 0 Å². The second kappa shape index (κ2) is 11.1. The molecular formula is C50H30N2O2. The number of aromatic nitrogens is 2. The number of para-hydroxylation sites is 4. The smallest absolute Gasteiger partial charge is 0.213 e. The van der Waals surface area contributed by atoms with Gasteiger partial charge in [0, 0.05) is 43.7 Å². The van der Waals surface area contributed by atoms with Crippen molar-refractivity contribution in [1.29, 1.82) is 0 Å². The number of furan rings is 2. The molecule has 4 nitrogen and oxygen atoms in total. The fourth-order valence-electron chi connectivity index (χ4n) is 8.64. The number of rotatable bonds is 4. The lowest BCUT2D eigenvalue weighted by atomic mass is 9.99. The van der Waals surface area contributed by atoms with Gasteiger partial charge < -0.3 is 13.4 Å². The van der Waals surface area contributed by atoms with E-state index in [0.29, 0.717) is 0 Å². The van der Waals surface area contributed by atoms with E-state index in [1.54, 1.807) is 0 Å². The second-order valence-corrected chi connectivity index (χ2v) is 14.1.